The molecular formula is C24H40N2O3. The van der Waals surface area contributed by atoms with Gasteiger partial charge in [-0.1, -0.05) is 76.0 Å². The molecule has 0 radical (unpaired) electrons. The zero-order chi connectivity index (χ0) is 22.8. The van der Waals surface area contributed by atoms with Gasteiger partial charge < -0.3 is 14.9 Å². The fraction of sp³-hybridized carbons (Fsp3) is 0.500. The van der Waals surface area contributed by atoms with Gasteiger partial charge in [0.25, 0.3) is 5.91 Å². The van der Waals surface area contributed by atoms with Crippen molar-refractivity contribution in [2.75, 3.05) is 14.2 Å². The molecule has 1 N–H and O–H groups in total. The van der Waals surface area contributed by atoms with Gasteiger partial charge in [-0.2, -0.15) is 0 Å². The molecule has 5 nitrogen and oxygen atoms in total. The van der Waals surface area contributed by atoms with Crippen molar-refractivity contribution < 1.29 is 14.4 Å². The number of hydrogen-bond donors (Lipinski definition) is 1. The lowest BCUT2D eigenvalue weighted by Crippen LogP contribution is -2.31. The number of allylic oxidation sites excluding steroid dienone is 2. The molecule has 0 saturated carbocycles. The minimum atomic E-state index is -0.289. The van der Waals surface area contributed by atoms with Crippen molar-refractivity contribution >= 4 is 11.6 Å². The molecule has 5 heteroatoms. The van der Waals surface area contributed by atoms with Crippen LogP contribution in [-0.2, 0) is 9.63 Å². The van der Waals surface area contributed by atoms with Gasteiger partial charge >= 0.3 is 0 Å². The number of benzene rings is 1. The molecule has 0 saturated heterocycles. The molecule has 29 heavy (non-hydrogen) atoms. The molecule has 0 unspecified atom stereocenters. The molecular weight excluding hydrogens is 364 g/mol. The highest BCUT2D eigenvalue weighted by Gasteiger charge is 2.26. The van der Waals surface area contributed by atoms with Gasteiger partial charge in [0, 0.05) is 19.0 Å². The van der Waals surface area contributed by atoms with Crippen LogP contribution in [0.2, 0.25) is 0 Å². The number of ether oxygens (including phenoxy) is 1. The third-order valence-electron chi connectivity index (χ3n) is 3.83. The number of hydrogen-bond acceptors (Lipinski definition) is 4. The van der Waals surface area contributed by atoms with E-state index in [1.807, 2.05) is 71.9 Å². The van der Waals surface area contributed by atoms with Gasteiger partial charge in [0.1, 0.15) is 18.6 Å². The fourth-order valence-corrected chi connectivity index (χ4v) is 2.40. The summed E-state index contributed by atoms with van der Waals surface area (Å²) in [7, 11) is 3.00. The van der Waals surface area contributed by atoms with Gasteiger partial charge in [0.05, 0.1) is 0 Å². The molecule has 0 fully saturated rings. The topological polar surface area (TPSA) is 59.9 Å². The van der Waals surface area contributed by atoms with Gasteiger partial charge in [-0.25, -0.2) is 0 Å². The number of nitrogens with one attached hydrogen (secondary N) is 1. The average molecular weight is 405 g/mol. The number of para-hydroxylation sites is 1. The van der Waals surface area contributed by atoms with Gasteiger partial charge in [-0.3, -0.25) is 4.79 Å². The Morgan fingerprint density at radius 2 is 1.45 bits per heavy atom. The monoisotopic (exact) mass is 404 g/mol. The maximum atomic E-state index is 12.2. The Bertz CT molecular complexity index is 675. The quantitative estimate of drug-likeness (QED) is 0.357. The van der Waals surface area contributed by atoms with E-state index in [0.717, 1.165) is 17.1 Å². The minimum absolute atomic E-state index is 0.257. The Labute approximate surface area is 177 Å². The molecule has 1 amide bonds. The van der Waals surface area contributed by atoms with Crippen molar-refractivity contribution in [3.05, 3.63) is 52.8 Å². The number of oxime groups is 1. The van der Waals surface area contributed by atoms with Crippen molar-refractivity contribution in [1.29, 1.82) is 0 Å². The van der Waals surface area contributed by atoms with Crippen LogP contribution in [0, 0.1) is 0 Å². The van der Waals surface area contributed by atoms with Crippen molar-refractivity contribution in [1.82, 2.24) is 5.32 Å². The lowest BCUT2D eigenvalue weighted by Gasteiger charge is -2.23. The molecule has 0 aromatic heterocycles. The number of nitrogens with zero attached hydrogens (tertiary/aromatic N) is 1. The molecule has 2 rings (SSSR count). The van der Waals surface area contributed by atoms with E-state index in [1.54, 1.807) is 7.05 Å². The van der Waals surface area contributed by atoms with Crippen LogP contribution in [0.5, 0.6) is 5.75 Å². The number of carbonyl (C=O) groups excluding carboxylic acids is 1. The second-order valence-corrected chi connectivity index (χ2v) is 5.43. The molecule has 164 valence electrons. The first kappa shape index (κ1) is 28.6. The summed E-state index contributed by atoms with van der Waals surface area (Å²) in [5, 5.41) is 6.52. The second kappa shape index (κ2) is 17.5. The number of rotatable bonds is 5. The van der Waals surface area contributed by atoms with E-state index < -0.39 is 0 Å². The zero-order valence-electron chi connectivity index (χ0n) is 20.0. The Morgan fingerprint density at radius 1 is 0.931 bits per heavy atom. The largest absolute Gasteiger partial charge is 0.461 e. The first-order chi connectivity index (χ1) is 14.1. The highest BCUT2D eigenvalue weighted by molar-refractivity contribution is 6.45. The zero-order valence-corrected chi connectivity index (χ0v) is 20.0. The summed E-state index contributed by atoms with van der Waals surface area (Å²) >= 11 is 0. The Balaban J connectivity index is 0. The normalized spacial score (nSPS) is 13.0. The highest BCUT2D eigenvalue weighted by Crippen LogP contribution is 2.32. The predicted octanol–water partition coefficient (Wildman–Crippen LogP) is 6.28. The van der Waals surface area contributed by atoms with Crippen LogP contribution >= 0.6 is 0 Å². The summed E-state index contributed by atoms with van der Waals surface area (Å²) in [6.07, 6.45) is 1.26. The molecule has 1 aromatic carbocycles. The van der Waals surface area contributed by atoms with E-state index in [0.29, 0.717) is 12.8 Å². The molecule has 1 aliphatic carbocycles. The smallest absolute Gasteiger partial charge is 0.273 e. The lowest BCUT2D eigenvalue weighted by molar-refractivity contribution is -0.114. The molecule has 1 aliphatic rings. The summed E-state index contributed by atoms with van der Waals surface area (Å²) in [6, 6.07) is 9.53. The van der Waals surface area contributed by atoms with Gasteiger partial charge in [-0.05, 0) is 32.4 Å². The molecule has 0 spiro atoms. The predicted molar refractivity (Wildman–Crippen MR) is 124 cm³/mol. The molecule has 0 bridgehead atoms. The van der Waals surface area contributed by atoms with Crippen LogP contribution in [-0.4, -0.2) is 25.8 Å². The van der Waals surface area contributed by atoms with E-state index in [4.69, 9.17) is 9.57 Å². The van der Waals surface area contributed by atoms with Crippen LogP contribution in [0.25, 0.3) is 0 Å². The van der Waals surface area contributed by atoms with Crippen molar-refractivity contribution in [3.63, 3.8) is 0 Å². The number of carbonyl (C=O) groups is 1. The maximum absolute atomic E-state index is 12.2. The fourth-order valence-electron chi connectivity index (χ4n) is 2.40. The van der Waals surface area contributed by atoms with Crippen LogP contribution < -0.4 is 10.1 Å². The van der Waals surface area contributed by atoms with E-state index in [9.17, 15) is 4.79 Å². The SMILES string of the molecule is CC.CC.CC.CNC(=O)/C(=N\OC)C1=C(Oc2ccccc2)CC(C)=C(C)C1. The van der Waals surface area contributed by atoms with Crippen molar-refractivity contribution in [3.8, 4) is 5.75 Å². The van der Waals surface area contributed by atoms with Gasteiger partial charge in [0.15, 0.2) is 5.71 Å². The number of amides is 1. The van der Waals surface area contributed by atoms with Crippen molar-refractivity contribution in [2.45, 2.75) is 68.2 Å². The molecule has 0 aliphatic heterocycles. The van der Waals surface area contributed by atoms with Crippen molar-refractivity contribution in [2.24, 2.45) is 5.16 Å². The third kappa shape index (κ3) is 9.46. The van der Waals surface area contributed by atoms with E-state index in [-0.39, 0.29) is 11.6 Å². The standard InChI is InChI=1S/C18H22N2O3.3C2H6/c1-12-10-15(17(20-22-4)18(21)19-3)16(11-13(12)2)23-14-8-6-5-7-9-14;3*1-2/h5-9H,10-11H2,1-4H3,(H,19,21);3*1-2H3/b20-17-;;;. The Hall–Kier alpha value is -2.56. The molecule has 1 aromatic rings. The first-order valence-electron chi connectivity index (χ1n) is 10.5. The van der Waals surface area contributed by atoms with E-state index >= 15 is 0 Å². The average Bonchev–Trinajstić information content (AvgIpc) is 2.79. The lowest BCUT2D eigenvalue weighted by atomic mass is 9.89. The highest BCUT2D eigenvalue weighted by atomic mass is 16.6. The minimum Gasteiger partial charge on any atom is -0.461 e. The van der Waals surface area contributed by atoms with Crippen LogP contribution in [0.4, 0.5) is 0 Å². The Kier molecular flexibility index (Phi) is 17.3. The van der Waals surface area contributed by atoms with E-state index in [1.165, 1.54) is 18.3 Å². The van der Waals surface area contributed by atoms with Crippen LogP contribution in [0.15, 0.2) is 58.0 Å². The summed E-state index contributed by atoms with van der Waals surface area (Å²) in [5.41, 5.74) is 3.48. The molecule has 0 heterocycles. The Morgan fingerprint density at radius 3 is 1.93 bits per heavy atom. The summed E-state index contributed by atoms with van der Waals surface area (Å²) in [6.45, 7) is 16.1. The van der Waals surface area contributed by atoms with Gasteiger partial charge in [0.2, 0.25) is 0 Å². The maximum Gasteiger partial charge on any atom is 0.273 e. The van der Waals surface area contributed by atoms with Crippen LogP contribution in [0.1, 0.15) is 68.2 Å². The summed E-state index contributed by atoms with van der Waals surface area (Å²) < 4.78 is 6.04. The van der Waals surface area contributed by atoms with Crippen LogP contribution in [0.3, 0.4) is 0 Å². The molecule has 0 atom stereocenters. The summed E-state index contributed by atoms with van der Waals surface area (Å²) in [5.74, 6) is 1.18. The van der Waals surface area contributed by atoms with Gasteiger partial charge in [-0.15, -0.1) is 0 Å². The third-order valence-corrected chi connectivity index (χ3v) is 3.83. The second-order valence-electron chi connectivity index (χ2n) is 5.43. The first-order valence-corrected chi connectivity index (χ1v) is 10.5. The van der Waals surface area contributed by atoms with E-state index in [2.05, 4.69) is 24.3 Å². The summed E-state index contributed by atoms with van der Waals surface area (Å²) in [4.78, 5) is 17.0.